The number of aromatic nitrogens is 2. The number of hydrogen-bond acceptors (Lipinski definition) is 5. The van der Waals surface area contributed by atoms with Crippen molar-refractivity contribution in [2.75, 3.05) is 25.1 Å². The summed E-state index contributed by atoms with van der Waals surface area (Å²) < 4.78 is 5.37. The molecule has 1 aromatic rings. The highest BCUT2D eigenvalue weighted by Crippen LogP contribution is 2.32. The Hall–Kier alpha value is -0.810. The first kappa shape index (κ1) is 13.6. The summed E-state index contributed by atoms with van der Waals surface area (Å²) in [4.78, 5) is 9.28. The molecule has 0 aromatic carbocycles. The number of nitrogens with zero attached hydrogens (tertiary/aromatic N) is 2. The van der Waals surface area contributed by atoms with Gasteiger partial charge in [0.1, 0.15) is 11.6 Å². The standard InChI is InChI=1S/C13H21N3OS/c1-3-6-14-13-10-8-18-9-11(10)15-12(16-13)5-7-17-4-2/h3-9H2,1-2H3,(H,14,15,16). The van der Waals surface area contributed by atoms with E-state index in [-0.39, 0.29) is 0 Å². The van der Waals surface area contributed by atoms with Gasteiger partial charge < -0.3 is 10.1 Å². The molecule has 5 heteroatoms. The number of hydrogen-bond donors (Lipinski definition) is 1. The number of nitrogens with one attached hydrogen (secondary N) is 1. The van der Waals surface area contributed by atoms with Gasteiger partial charge in [0.25, 0.3) is 0 Å². The van der Waals surface area contributed by atoms with E-state index in [0.717, 1.165) is 49.1 Å². The Balaban J connectivity index is 2.11. The summed E-state index contributed by atoms with van der Waals surface area (Å²) in [5.74, 6) is 3.99. The van der Waals surface area contributed by atoms with Crippen molar-refractivity contribution in [2.45, 2.75) is 38.2 Å². The van der Waals surface area contributed by atoms with Gasteiger partial charge in [-0.15, -0.1) is 0 Å². The fourth-order valence-corrected chi connectivity index (χ4v) is 2.95. The summed E-state index contributed by atoms with van der Waals surface area (Å²) in [6.07, 6.45) is 1.91. The molecule has 0 saturated heterocycles. The molecule has 0 unspecified atom stereocenters. The van der Waals surface area contributed by atoms with Gasteiger partial charge in [-0.05, 0) is 13.3 Å². The second-order valence-electron chi connectivity index (χ2n) is 4.28. The van der Waals surface area contributed by atoms with Crippen LogP contribution in [0.2, 0.25) is 0 Å². The smallest absolute Gasteiger partial charge is 0.134 e. The van der Waals surface area contributed by atoms with Gasteiger partial charge >= 0.3 is 0 Å². The van der Waals surface area contributed by atoms with Gasteiger partial charge in [0.15, 0.2) is 0 Å². The zero-order valence-corrected chi connectivity index (χ0v) is 12.0. The van der Waals surface area contributed by atoms with Crippen molar-refractivity contribution in [3.8, 4) is 0 Å². The molecule has 2 heterocycles. The van der Waals surface area contributed by atoms with E-state index in [4.69, 9.17) is 4.74 Å². The Morgan fingerprint density at radius 3 is 2.94 bits per heavy atom. The van der Waals surface area contributed by atoms with Crippen LogP contribution in [0.25, 0.3) is 0 Å². The first-order valence-corrected chi connectivity index (χ1v) is 7.78. The normalized spacial score (nSPS) is 13.7. The molecule has 100 valence electrons. The maximum atomic E-state index is 5.37. The van der Waals surface area contributed by atoms with E-state index in [2.05, 4.69) is 22.2 Å². The number of fused-ring (bicyclic) bond motifs is 1. The van der Waals surface area contributed by atoms with Gasteiger partial charge in [-0.1, -0.05) is 6.92 Å². The van der Waals surface area contributed by atoms with Crippen LogP contribution in [0.5, 0.6) is 0 Å². The highest BCUT2D eigenvalue weighted by atomic mass is 32.2. The molecule has 4 nitrogen and oxygen atoms in total. The van der Waals surface area contributed by atoms with Crippen molar-refractivity contribution in [1.29, 1.82) is 0 Å². The largest absolute Gasteiger partial charge is 0.381 e. The summed E-state index contributed by atoms with van der Waals surface area (Å²) in [6, 6.07) is 0. The summed E-state index contributed by atoms with van der Waals surface area (Å²) in [5.41, 5.74) is 2.51. The fourth-order valence-electron chi connectivity index (χ4n) is 1.91. The molecule has 0 saturated carbocycles. The number of anilines is 1. The Morgan fingerprint density at radius 1 is 1.28 bits per heavy atom. The summed E-state index contributed by atoms with van der Waals surface area (Å²) >= 11 is 1.91. The first-order valence-electron chi connectivity index (χ1n) is 6.63. The average Bonchev–Trinajstić information content (AvgIpc) is 2.84. The minimum atomic E-state index is 0.704. The second-order valence-corrected chi connectivity index (χ2v) is 5.27. The molecule has 1 aromatic heterocycles. The molecule has 0 bridgehead atoms. The molecule has 0 spiro atoms. The third-order valence-corrected chi connectivity index (χ3v) is 3.81. The number of ether oxygens (including phenoxy) is 1. The zero-order valence-electron chi connectivity index (χ0n) is 11.2. The summed E-state index contributed by atoms with van der Waals surface area (Å²) in [6.45, 7) is 6.60. The van der Waals surface area contributed by atoms with Gasteiger partial charge in [0.2, 0.25) is 0 Å². The second kappa shape index (κ2) is 6.95. The minimum absolute atomic E-state index is 0.704. The fraction of sp³-hybridized carbons (Fsp3) is 0.692. The van der Waals surface area contributed by atoms with Crippen LogP contribution in [-0.2, 0) is 22.7 Å². The Labute approximate surface area is 113 Å². The quantitative estimate of drug-likeness (QED) is 0.770. The SMILES string of the molecule is CCCNc1nc(CCOCC)nc2c1CSC2. The van der Waals surface area contributed by atoms with E-state index in [1.54, 1.807) is 0 Å². The van der Waals surface area contributed by atoms with Crippen molar-refractivity contribution in [3.63, 3.8) is 0 Å². The topological polar surface area (TPSA) is 47.0 Å². The molecule has 1 aliphatic heterocycles. The van der Waals surface area contributed by atoms with Gasteiger partial charge in [0, 0.05) is 36.6 Å². The first-order chi connectivity index (χ1) is 8.85. The predicted molar refractivity (Wildman–Crippen MR) is 76.0 cm³/mol. The molecule has 0 fully saturated rings. The Morgan fingerprint density at radius 2 is 2.17 bits per heavy atom. The lowest BCUT2D eigenvalue weighted by molar-refractivity contribution is 0.149. The van der Waals surface area contributed by atoms with E-state index in [9.17, 15) is 0 Å². The Bertz CT molecular complexity index is 398. The molecule has 18 heavy (non-hydrogen) atoms. The van der Waals surface area contributed by atoms with Crippen molar-refractivity contribution in [1.82, 2.24) is 9.97 Å². The van der Waals surface area contributed by atoms with E-state index >= 15 is 0 Å². The minimum Gasteiger partial charge on any atom is -0.381 e. The van der Waals surface area contributed by atoms with Crippen LogP contribution in [-0.4, -0.2) is 29.7 Å². The molecule has 1 N–H and O–H groups in total. The van der Waals surface area contributed by atoms with Crippen molar-refractivity contribution in [3.05, 3.63) is 17.1 Å². The summed E-state index contributed by atoms with van der Waals surface area (Å²) in [7, 11) is 0. The van der Waals surface area contributed by atoms with Gasteiger partial charge in [0.05, 0.1) is 12.3 Å². The van der Waals surface area contributed by atoms with E-state index in [0.29, 0.717) is 6.61 Å². The molecule has 2 rings (SSSR count). The highest BCUT2D eigenvalue weighted by molar-refractivity contribution is 7.98. The molecule has 0 aliphatic carbocycles. The zero-order chi connectivity index (χ0) is 12.8. The van der Waals surface area contributed by atoms with Crippen molar-refractivity contribution in [2.24, 2.45) is 0 Å². The van der Waals surface area contributed by atoms with Gasteiger partial charge in [-0.25, -0.2) is 9.97 Å². The lowest BCUT2D eigenvalue weighted by atomic mass is 10.2. The predicted octanol–water partition coefficient (Wildman–Crippen LogP) is 2.62. The van der Waals surface area contributed by atoms with Crippen LogP contribution in [0.4, 0.5) is 5.82 Å². The van der Waals surface area contributed by atoms with Crippen molar-refractivity contribution < 1.29 is 4.74 Å². The third-order valence-electron chi connectivity index (χ3n) is 2.84. The maximum absolute atomic E-state index is 5.37. The molecular weight excluding hydrogens is 246 g/mol. The van der Waals surface area contributed by atoms with E-state index in [1.165, 1.54) is 11.3 Å². The monoisotopic (exact) mass is 267 g/mol. The lowest BCUT2D eigenvalue weighted by Gasteiger charge is -2.11. The maximum Gasteiger partial charge on any atom is 0.134 e. The highest BCUT2D eigenvalue weighted by Gasteiger charge is 2.19. The lowest BCUT2D eigenvalue weighted by Crippen LogP contribution is -2.11. The van der Waals surface area contributed by atoms with Crippen LogP contribution < -0.4 is 5.32 Å². The molecule has 0 atom stereocenters. The molecule has 0 radical (unpaired) electrons. The average molecular weight is 267 g/mol. The van der Waals surface area contributed by atoms with E-state index in [1.807, 2.05) is 18.7 Å². The van der Waals surface area contributed by atoms with Crippen LogP contribution in [0.15, 0.2) is 0 Å². The molecule has 1 aliphatic rings. The van der Waals surface area contributed by atoms with E-state index < -0.39 is 0 Å². The Kier molecular flexibility index (Phi) is 5.26. The van der Waals surface area contributed by atoms with Gasteiger partial charge in [-0.2, -0.15) is 11.8 Å². The van der Waals surface area contributed by atoms with Crippen LogP contribution in [0.3, 0.4) is 0 Å². The molecular formula is C13H21N3OS. The van der Waals surface area contributed by atoms with Crippen LogP contribution >= 0.6 is 11.8 Å². The van der Waals surface area contributed by atoms with Crippen LogP contribution in [0, 0.1) is 0 Å². The number of rotatable bonds is 7. The van der Waals surface area contributed by atoms with Crippen LogP contribution in [0.1, 0.15) is 37.4 Å². The third kappa shape index (κ3) is 3.36. The molecule has 0 amide bonds. The van der Waals surface area contributed by atoms with Gasteiger partial charge in [-0.3, -0.25) is 0 Å². The number of thioether (sulfide) groups is 1. The van der Waals surface area contributed by atoms with Crippen molar-refractivity contribution >= 4 is 17.6 Å². The summed E-state index contributed by atoms with van der Waals surface area (Å²) in [5, 5.41) is 3.42.